The fourth-order valence-corrected chi connectivity index (χ4v) is 4.41. The van der Waals surface area contributed by atoms with E-state index >= 15 is 0 Å². The minimum absolute atomic E-state index is 0.0288. The Bertz CT molecular complexity index is 797. The van der Waals surface area contributed by atoms with E-state index in [0.29, 0.717) is 11.6 Å². The number of nitrogens with one attached hydrogen (secondary N) is 1. The number of hydrogen-bond acceptors (Lipinski definition) is 5. The van der Waals surface area contributed by atoms with E-state index in [1.165, 1.54) is 25.9 Å². The van der Waals surface area contributed by atoms with Crippen molar-refractivity contribution in [1.82, 2.24) is 34.8 Å². The zero-order chi connectivity index (χ0) is 19.5. The van der Waals surface area contributed by atoms with E-state index in [1.54, 1.807) is 0 Å². The van der Waals surface area contributed by atoms with Gasteiger partial charge in [-0.2, -0.15) is 5.10 Å². The monoisotopic (exact) mass is 385 g/mol. The lowest BCUT2D eigenvalue weighted by Crippen LogP contribution is -2.38. The first-order valence-electron chi connectivity index (χ1n) is 10.7. The molecule has 2 aromatic rings. The van der Waals surface area contributed by atoms with Crippen LogP contribution in [0.4, 0.5) is 0 Å². The molecule has 0 bridgehead atoms. The number of aromatic amines is 1. The summed E-state index contributed by atoms with van der Waals surface area (Å²) < 4.78 is 2.29. The smallest absolute Gasteiger partial charge is 0.274 e. The molecule has 0 unspecified atom stereocenters. The van der Waals surface area contributed by atoms with Crippen molar-refractivity contribution in [2.24, 2.45) is 0 Å². The highest BCUT2D eigenvalue weighted by molar-refractivity contribution is 5.92. The van der Waals surface area contributed by atoms with Crippen LogP contribution >= 0.6 is 0 Å². The van der Waals surface area contributed by atoms with Gasteiger partial charge in [0, 0.05) is 31.2 Å². The number of carbonyl (C=O) groups excluding carboxylic acids is 1. The molecule has 0 saturated carbocycles. The highest BCUT2D eigenvalue weighted by atomic mass is 16.2. The van der Waals surface area contributed by atoms with Gasteiger partial charge >= 0.3 is 0 Å². The van der Waals surface area contributed by atoms with Crippen LogP contribution in [0.15, 0.2) is 6.07 Å². The molecule has 152 valence electrons. The topological polar surface area (TPSA) is 82.9 Å². The SMILES string of the molecule is CCc1cc(C(=O)N2CCC(c3nnc(CN4CCCC4)n3CC)CC2)n[nH]1. The largest absolute Gasteiger partial charge is 0.337 e. The molecule has 0 radical (unpaired) electrons. The fourth-order valence-electron chi connectivity index (χ4n) is 4.41. The lowest BCUT2D eigenvalue weighted by Gasteiger charge is -2.31. The number of hydrogen-bond donors (Lipinski definition) is 1. The maximum atomic E-state index is 12.7. The van der Waals surface area contributed by atoms with E-state index in [2.05, 4.69) is 43.7 Å². The summed E-state index contributed by atoms with van der Waals surface area (Å²) in [6.07, 6.45) is 5.29. The Morgan fingerprint density at radius 2 is 1.89 bits per heavy atom. The standard InChI is InChI=1S/C20H31N7O/c1-3-16-13-17(22-21-16)20(28)26-11-7-15(8-12-26)19-24-23-18(27(19)4-2)14-25-9-5-6-10-25/h13,15H,3-12,14H2,1-2H3,(H,21,22). The quantitative estimate of drug-likeness (QED) is 0.824. The molecule has 0 aromatic carbocycles. The molecular weight excluding hydrogens is 354 g/mol. The number of likely N-dealkylation sites (tertiary alicyclic amines) is 2. The van der Waals surface area contributed by atoms with Crippen molar-refractivity contribution in [2.75, 3.05) is 26.2 Å². The van der Waals surface area contributed by atoms with Gasteiger partial charge in [-0.05, 0) is 58.2 Å². The van der Waals surface area contributed by atoms with E-state index in [0.717, 1.165) is 62.8 Å². The molecule has 2 aliphatic rings. The average Bonchev–Trinajstić information content (AvgIpc) is 3.48. The predicted octanol–water partition coefficient (Wildman–Crippen LogP) is 2.20. The number of nitrogens with zero attached hydrogens (tertiary/aromatic N) is 6. The second-order valence-corrected chi connectivity index (χ2v) is 7.90. The minimum Gasteiger partial charge on any atom is -0.337 e. The van der Waals surface area contributed by atoms with E-state index in [1.807, 2.05) is 11.0 Å². The third-order valence-corrected chi connectivity index (χ3v) is 6.11. The van der Waals surface area contributed by atoms with Crippen LogP contribution in [0.3, 0.4) is 0 Å². The molecule has 0 aliphatic carbocycles. The van der Waals surface area contributed by atoms with Crippen LogP contribution in [0.2, 0.25) is 0 Å². The van der Waals surface area contributed by atoms with Crippen molar-refractivity contribution in [3.8, 4) is 0 Å². The molecule has 2 aromatic heterocycles. The van der Waals surface area contributed by atoms with Gasteiger partial charge in [0.15, 0.2) is 0 Å². The number of amides is 1. The van der Waals surface area contributed by atoms with Crippen molar-refractivity contribution < 1.29 is 4.79 Å². The summed E-state index contributed by atoms with van der Waals surface area (Å²) in [6.45, 7) is 9.84. The Morgan fingerprint density at radius 1 is 1.14 bits per heavy atom. The second-order valence-electron chi connectivity index (χ2n) is 7.90. The van der Waals surface area contributed by atoms with E-state index in [4.69, 9.17) is 0 Å². The lowest BCUT2D eigenvalue weighted by molar-refractivity contribution is 0.0704. The van der Waals surface area contributed by atoms with E-state index in [-0.39, 0.29) is 5.91 Å². The number of aromatic nitrogens is 5. The zero-order valence-electron chi connectivity index (χ0n) is 17.0. The maximum absolute atomic E-state index is 12.7. The van der Waals surface area contributed by atoms with Gasteiger partial charge in [0.1, 0.15) is 17.3 Å². The number of piperidine rings is 1. The first-order chi connectivity index (χ1) is 13.7. The summed E-state index contributed by atoms with van der Waals surface area (Å²) in [4.78, 5) is 17.1. The summed E-state index contributed by atoms with van der Waals surface area (Å²) in [5.74, 6) is 2.58. The molecule has 0 spiro atoms. The maximum Gasteiger partial charge on any atom is 0.274 e. The van der Waals surface area contributed by atoms with Crippen molar-refractivity contribution in [3.63, 3.8) is 0 Å². The normalized spacial score (nSPS) is 18.9. The molecule has 0 atom stereocenters. The van der Waals surface area contributed by atoms with Crippen LogP contribution in [0.25, 0.3) is 0 Å². The van der Waals surface area contributed by atoms with E-state index in [9.17, 15) is 4.79 Å². The van der Waals surface area contributed by atoms with Gasteiger partial charge in [-0.1, -0.05) is 6.92 Å². The second kappa shape index (κ2) is 8.43. The lowest BCUT2D eigenvalue weighted by atomic mass is 9.95. The molecule has 2 fully saturated rings. The molecule has 8 nitrogen and oxygen atoms in total. The van der Waals surface area contributed by atoms with Crippen molar-refractivity contribution in [1.29, 1.82) is 0 Å². The van der Waals surface area contributed by atoms with Gasteiger partial charge in [-0.25, -0.2) is 0 Å². The van der Waals surface area contributed by atoms with Gasteiger partial charge in [0.2, 0.25) is 0 Å². The van der Waals surface area contributed by atoms with Crippen LogP contribution in [-0.4, -0.2) is 66.8 Å². The van der Waals surface area contributed by atoms with Gasteiger partial charge in [-0.3, -0.25) is 14.8 Å². The average molecular weight is 386 g/mol. The highest BCUT2D eigenvalue weighted by Gasteiger charge is 2.29. The summed E-state index contributed by atoms with van der Waals surface area (Å²) in [6, 6.07) is 1.87. The molecule has 4 rings (SSSR count). The van der Waals surface area contributed by atoms with Crippen molar-refractivity contribution >= 4 is 5.91 Å². The van der Waals surface area contributed by atoms with Gasteiger partial charge in [0.05, 0.1) is 6.54 Å². The summed E-state index contributed by atoms with van der Waals surface area (Å²) >= 11 is 0. The molecule has 1 amide bonds. The number of rotatable bonds is 6. The fraction of sp³-hybridized carbons (Fsp3) is 0.700. The highest BCUT2D eigenvalue weighted by Crippen LogP contribution is 2.28. The zero-order valence-corrected chi connectivity index (χ0v) is 17.0. The van der Waals surface area contributed by atoms with Crippen LogP contribution in [0, 0.1) is 0 Å². The molecule has 2 aliphatic heterocycles. The Hall–Kier alpha value is -2.22. The molecule has 28 heavy (non-hydrogen) atoms. The minimum atomic E-state index is 0.0288. The summed E-state index contributed by atoms with van der Waals surface area (Å²) in [5.41, 5.74) is 1.53. The third kappa shape index (κ3) is 3.83. The Morgan fingerprint density at radius 3 is 2.54 bits per heavy atom. The van der Waals surface area contributed by atoms with E-state index < -0.39 is 0 Å². The molecule has 1 N–H and O–H groups in total. The number of aryl methyl sites for hydroxylation is 1. The predicted molar refractivity (Wildman–Crippen MR) is 106 cm³/mol. The van der Waals surface area contributed by atoms with Crippen molar-refractivity contribution in [2.45, 2.75) is 65.0 Å². The number of H-pyrrole nitrogens is 1. The van der Waals surface area contributed by atoms with Gasteiger partial charge in [-0.15, -0.1) is 10.2 Å². The van der Waals surface area contributed by atoms with Crippen LogP contribution < -0.4 is 0 Å². The Labute approximate surface area is 166 Å². The summed E-state index contributed by atoms with van der Waals surface area (Å²) in [7, 11) is 0. The van der Waals surface area contributed by atoms with Crippen LogP contribution in [-0.2, 0) is 19.5 Å². The first-order valence-corrected chi connectivity index (χ1v) is 10.7. The van der Waals surface area contributed by atoms with Gasteiger partial charge in [0.25, 0.3) is 5.91 Å². The van der Waals surface area contributed by atoms with Crippen molar-refractivity contribution in [3.05, 3.63) is 29.1 Å². The van der Waals surface area contributed by atoms with Crippen LogP contribution in [0.1, 0.15) is 73.3 Å². The molecule has 4 heterocycles. The number of carbonyl (C=O) groups is 1. The Kier molecular flexibility index (Phi) is 5.75. The third-order valence-electron chi connectivity index (χ3n) is 6.11. The van der Waals surface area contributed by atoms with Crippen LogP contribution in [0.5, 0.6) is 0 Å². The molecule has 2 saturated heterocycles. The first kappa shape index (κ1) is 19.1. The van der Waals surface area contributed by atoms with Gasteiger partial charge < -0.3 is 9.47 Å². The summed E-state index contributed by atoms with van der Waals surface area (Å²) in [5, 5.41) is 16.2. The molecular formula is C20H31N7O. The Balaban J connectivity index is 1.39. The molecule has 8 heteroatoms.